The Morgan fingerprint density at radius 3 is 2.68 bits per heavy atom. The van der Waals surface area contributed by atoms with Crippen molar-refractivity contribution in [3.63, 3.8) is 0 Å². The third-order valence-electron chi connectivity index (χ3n) is 5.69. The van der Waals surface area contributed by atoms with E-state index in [0.717, 1.165) is 44.1 Å². The van der Waals surface area contributed by atoms with Crippen LogP contribution in [-0.4, -0.2) is 70.8 Å². The monoisotopic (exact) mass is 420 g/mol. The molecule has 0 saturated carbocycles. The van der Waals surface area contributed by atoms with Crippen LogP contribution in [0.5, 0.6) is 11.6 Å². The van der Waals surface area contributed by atoms with E-state index >= 15 is 0 Å². The van der Waals surface area contributed by atoms with Crippen LogP contribution in [0, 0.1) is 0 Å². The first-order valence-corrected chi connectivity index (χ1v) is 10.3. The Hall–Kier alpha value is -3.30. The second-order valence-electron chi connectivity index (χ2n) is 7.79. The summed E-state index contributed by atoms with van der Waals surface area (Å²) in [7, 11) is 1.55. The van der Waals surface area contributed by atoms with E-state index in [4.69, 9.17) is 9.47 Å². The van der Waals surface area contributed by atoms with E-state index < -0.39 is 0 Å². The van der Waals surface area contributed by atoms with Gasteiger partial charge in [-0.2, -0.15) is 0 Å². The van der Waals surface area contributed by atoms with Crippen molar-refractivity contribution in [3.8, 4) is 34.1 Å². The van der Waals surface area contributed by atoms with Crippen molar-refractivity contribution >= 4 is 5.82 Å². The molecule has 5 rings (SSSR count). The molecular weight excluding hydrogens is 396 g/mol. The minimum Gasteiger partial charge on any atom is -0.507 e. The molecule has 0 unspecified atom stereocenters. The number of anilines is 1. The third-order valence-corrected chi connectivity index (χ3v) is 5.69. The zero-order chi connectivity index (χ0) is 21.2. The fraction of sp³-hybridized carbons (Fsp3) is 0.364. The Labute approximate surface area is 180 Å². The van der Waals surface area contributed by atoms with E-state index in [9.17, 15) is 5.11 Å². The summed E-state index contributed by atoms with van der Waals surface area (Å²) in [6.07, 6.45) is 2.51. The molecule has 9 heteroatoms. The number of hydrogen-bond donors (Lipinski definition) is 2. The summed E-state index contributed by atoms with van der Waals surface area (Å²) in [5, 5.41) is 23.0. The summed E-state index contributed by atoms with van der Waals surface area (Å²) < 4.78 is 10.4. The predicted molar refractivity (Wildman–Crippen MR) is 115 cm³/mol. The number of ether oxygens (including phenoxy) is 2. The zero-order valence-electron chi connectivity index (χ0n) is 17.2. The lowest BCUT2D eigenvalue weighted by Crippen LogP contribution is -2.51. The van der Waals surface area contributed by atoms with Gasteiger partial charge in [-0.05, 0) is 30.7 Å². The quantitative estimate of drug-likeness (QED) is 0.618. The molecule has 2 aromatic heterocycles. The Morgan fingerprint density at radius 2 is 1.97 bits per heavy atom. The van der Waals surface area contributed by atoms with E-state index in [1.807, 2.05) is 24.3 Å². The predicted octanol–water partition coefficient (Wildman–Crippen LogP) is 1.88. The summed E-state index contributed by atoms with van der Waals surface area (Å²) in [5.41, 5.74) is 2.67. The second-order valence-corrected chi connectivity index (χ2v) is 7.79. The van der Waals surface area contributed by atoms with Gasteiger partial charge in [0.25, 0.3) is 0 Å². The average Bonchev–Trinajstić information content (AvgIpc) is 3.25. The van der Waals surface area contributed by atoms with Crippen LogP contribution >= 0.6 is 0 Å². The van der Waals surface area contributed by atoms with Gasteiger partial charge < -0.3 is 24.8 Å². The molecule has 0 spiro atoms. The molecule has 0 amide bonds. The number of aromatic nitrogens is 4. The van der Waals surface area contributed by atoms with Crippen LogP contribution in [-0.2, 0) is 4.74 Å². The topological polar surface area (TPSA) is 106 Å². The zero-order valence-corrected chi connectivity index (χ0v) is 17.2. The maximum Gasteiger partial charge on any atom is 0.216 e. The highest BCUT2D eigenvalue weighted by molar-refractivity contribution is 5.73. The van der Waals surface area contributed by atoms with Gasteiger partial charge in [0, 0.05) is 36.3 Å². The standard InChI is InChI=1S/C22H24N6O3/c1-30-22-9-19(23-13-24-22)14-2-3-17(20(29)8-14)18-4-5-21(27-26-18)28-7-6-15(10-28)25-16-11-31-12-16/h2-5,8-9,13,15-16,25,29H,6-7,10-12H2,1H3/t15-/m0/s1. The number of methoxy groups -OCH3 is 1. The van der Waals surface area contributed by atoms with Gasteiger partial charge in [0.15, 0.2) is 5.82 Å². The Balaban J connectivity index is 1.29. The second kappa shape index (κ2) is 8.44. The maximum absolute atomic E-state index is 10.6. The lowest BCUT2D eigenvalue weighted by molar-refractivity contribution is -0.00895. The van der Waals surface area contributed by atoms with E-state index in [-0.39, 0.29) is 5.75 Å². The van der Waals surface area contributed by atoms with E-state index in [1.165, 1.54) is 6.33 Å². The number of nitrogens with zero attached hydrogens (tertiary/aromatic N) is 5. The van der Waals surface area contributed by atoms with Crippen LogP contribution in [0.1, 0.15) is 6.42 Å². The van der Waals surface area contributed by atoms with Crippen LogP contribution in [0.4, 0.5) is 5.82 Å². The molecule has 3 aromatic rings. The maximum atomic E-state index is 10.6. The fourth-order valence-corrected chi connectivity index (χ4v) is 3.92. The van der Waals surface area contributed by atoms with E-state index in [2.05, 4.69) is 30.4 Å². The lowest BCUT2D eigenvalue weighted by Gasteiger charge is -2.30. The minimum atomic E-state index is 0.116. The normalized spacial score (nSPS) is 18.7. The molecule has 0 bridgehead atoms. The van der Waals surface area contributed by atoms with Gasteiger partial charge in [-0.3, -0.25) is 0 Å². The summed E-state index contributed by atoms with van der Waals surface area (Å²) in [6, 6.07) is 11.9. The van der Waals surface area contributed by atoms with Crippen LogP contribution in [0.15, 0.2) is 42.7 Å². The SMILES string of the molecule is COc1cc(-c2ccc(-c3ccc(N4CC[C@H](NC5COC5)C4)nn3)c(O)c2)ncn1. The molecule has 160 valence electrons. The first kappa shape index (κ1) is 19.7. The van der Waals surface area contributed by atoms with Crippen molar-refractivity contribution in [3.05, 3.63) is 42.7 Å². The first-order chi connectivity index (χ1) is 15.2. The van der Waals surface area contributed by atoms with Gasteiger partial charge in [0.1, 0.15) is 12.1 Å². The van der Waals surface area contributed by atoms with Crippen molar-refractivity contribution < 1.29 is 14.6 Å². The number of hydrogen-bond acceptors (Lipinski definition) is 9. The fourth-order valence-electron chi connectivity index (χ4n) is 3.92. The molecule has 4 heterocycles. The molecule has 1 aromatic carbocycles. The summed E-state index contributed by atoms with van der Waals surface area (Å²) >= 11 is 0. The molecule has 0 aliphatic carbocycles. The van der Waals surface area contributed by atoms with Gasteiger partial charge >= 0.3 is 0 Å². The van der Waals surface area contributed by atoms with Crippen LogP contribution in [0.25, 0.3) is 22.5 Å². The highest BCUT2D eigenvalue weighted by Gasteiger charge is 2.28. The molecule has 2 aliphatic heterocycles. The minimum absolute atomic E-state index is 0.116. The van der Waals surface area contributed by atoms with E-state index in [0.29, 0.717) is 34.9 Å². The summed E-state index contributed by atoms with van der Waals surface area (Å²) in [4.78, 5) is 10.5. The van der Waals surface area contributed by atoms with Gasteiger partial charge in [0.05, 0.1) is 37.8 Å². The highest BCUT2D eigenvalue weighted by atomic mass is 16.5. The van der Waals surface area contributed by atoms with Gasteiger partial charge in [-0.15, -0.1) is 10.2 Å². The number of phenolic OH excluding ortho intramolecular Hbond substituents is 1. The molecule has 2 aliphatic rings. The summed E-state index contributed by atoms with van der Waals surface area (Å²) in [5.74, 6) is 1.43. The van der Waals surface area contributed by atoms with Gasteiger partial charge in [0.2, 0.25) is 5.88 Å². The molecule has 2 fully saturated rings. The Bertz CT molecular complexity index is 1060. The average molecular weight is 420 g/mol. The van der Waals surface area contributed by atoms with E-state index in [1.54, 1.807) is 19.2 Å². The van der Waals surface area contributed by atoms with Crippen molar-refractivity contribution in [1.82, 2.24) is 25.5 Å². The highest BCUT2D eigenvalue weighted by Crippen LogP contribution is 2.32. The Kier molecular flexibility index (Phi) is 5.35. The van der Waals surface area contributed by atoms with Crippen LogP contribution in [0.3, 0.4) is 0 Å². The molecule has 9 nitrogen and oxygen atoms in total. The van der Waals surface area contributed by atoms with Crippen molar-refractivity contribution in [2.75, 3.05) is 38.3 Å². The van der Waals surface area contributed by atoms with Crippen LogP contribution < -0.4 is 15.0 Å². The molecular formula is C22H24N6O3. The molecule has 2 saturated heterocycles. The van der Waals surface area contributed by atoms with Gasteiger partial charge in [-0.1, -0.05) is 6.07 Å². The number of phenols is 1. The van der Waals surface area contributed by atoms with Crippen molar-refractivity contribution in [1.29, 1.82) is 0 Å². The Morgan fingerprint density at radius 1 is 1.06 bits per heavy atom. The molecule has 1 atom stereocenters. The number of rotatable bonds is 6. The van der Waals surface area contributed by atoms with Crippen molar-refractivity contribution in [2.45, 2.75) is 18.5 Å². The van der Waals surface area contributed by atoms with Crippen molar-refractivity contribution in [2.24, 2.45) is 0 Å². The smallest absolute Gasteiger partial charge is 0.216 e. The number of aromatic hydroxyl groups is 1. The van der Waals surface area contributed by atoms with Gasteiger partial charge in [-0.25, -0.2) is 9.97 Å². The first-order valence-electron chi connectivity index (χ1n) is 10.3. The molecule has 2 N–H and O–H groups in total. The number of benzene rings is 1. The summed E-state index contributed by atoms with van der Waals surface area (Å²) in [6.45, 7) is 3.46. The lowest BCUT2D eigenvalue weighted by atomic mass is 10.1. The largest absolute Gasteiger partial charge is 0.507 e. The third kappa shape index (κ3) is 4.14. The molecule has 31 heavy (non-hydrogen) atoms. The number of nitrogens with one attached hydrogen (secondary N) is 1. The van der Waals surface area contributed by atoms with Crippen LogP contribution in [0.2, 0.25) is 0 Å². The molecule has 0 radical (unpaired) electrons.